The molecule has 0 spiro atoms. The smallest absolute Gasteiger partial charge is 0 e. The van der Waals surface area contributed by atoms with Crippen LogP contribution >= 0.6 is 9.24 Å². The molecule has 86 valence electrons. The second-order valence-electron chi connectivity index (χ2n) is 3.10. The Balaban J connectivity index is -0.0000000576. The third kappa shape index (κ3) is 32.7. The van der Waals surface area contributed by atoms with E-state index in [2.05, 4.69) is 36.9 Å². The highest BCUT2D eigenvalue weighted by Crippen LogP contribution is 2.02. The Morgan fingerprint density at radius 2 is 1.46 bits per heavy atom. The first-order chi connectivity index (χ1) is 6.22. The molecule has 0 heterocycles. The molecule has 0 aliphatic carbocycles. The lowest BCUT2D eigenvalue weighted by atomic mass is 10.2. The van der Waals surface area contributed by atoms with Gasteiger partial charge in [0.25, 0.3) is 0 Å². The van der Waals surface area contributed by atoms with Crippen molar-refractivity contribution in [3.63, 3.8) is 0 Å². The van der Waals surface area contributed by atoms with Crippen LogP contribution in [0.4, 0.5) is 0 Å². The molecule has 0 rings (SSSR count). The van der Waals surface area contributed by atoms with Crippen LogP contribution in [0.25, 0.3) is 0 Å². The maximum absolute atomic E-state index is 2.74. The van der Waals surface area contributed by atoms with Crippen LogP contribution in [0.3, 0.4) is 0 Å². The minimum absolute atomic E-state index is 0. The number of hydrogen-bond donors (Lipinski definition) is 0. The van der Waals surface area contributed by atoms with Gasteiger partial charge < -0.3 is 0 Å². The molecule has 0 radical (unpaired) electrons. The summed E-state index contributed by atoms with van der Waals surface area (Å²) in [5, 5.41) is 0. The summed E-state index contributed by atoms with van der Waals surface area (Å²) in [6.45, 7) is 12.9. The van der Waals surface area contributed by atoms with Gasteiger partial charge in [-0.3, -0.25) is 0 Å². The van der Waals surface area contributed by atoms with E-state index in [1.165, 1.54) is 31.8 Å². The molecule has 2 atom stereocenters. The highest BCUT2D eigenvalue weighted by atomic mass is 31.0. The van der Waals surface area contributed by atoms with E-state index < -0.39 is 0 Å². The van der Waals surface area contributed by atoms with Crippen LogP contribution in [-0.2, 0) is 0 Å². The molecule has 0 aliphatic heterocycles. The summed E-state index contributed by atoms with van der Waals surface area (Å²) in [6.07, 6.45) is 6.63. The maximum atomic E-state index is 2.74. The average molecular weight is 208 g/mol. The summed E-state index contributed by atoms with van der Waals surface area (Å²) in [7, 11) is 2.74. The molecule has 2 unspecified atom stereocenters. The van der Waals surface area contributed by atoms with Crippen LogP contribution in [0.5, 0.6) is 0 Å². The minimum atomic E-state index is 0. The van der Waals surface area contributed by atoms with E-state index in [9.17, 15) is 0 Å². The van der Waals surface area contributed by atoms with Crippen molar-refractivity contribution in [1.82, 2.24) is 0 Å². The van der Waals surface area contributed by atoms with Crippen LogP contribution < -0.4 is 0 Å². The molecule has 1 heteroatoms. The van der Waals surface area contributed by atoms with Crippen molar-refractivity contribution in [3.8, 4) is 0 Å². The molecule has 0 amide bonds. The monoisotopic (exact) mass is 208 g/mol. The summed E-state index contributed by atoms with van der Waals surface area (Å²) >= 11 is 0. The highest BCUT2D eigenvalue weighted by Gasteiger charge is 1.88. The second kappa shape index (κ2) is 22.9. The molecular weight excluding hydrogens is 175 g/mol. The zero-order valence-corrected chi connectivity index (χ0v) is 11.8. The Kier molecular flexibility index (Phi) is 33.5. The molecule has 0 aromatic rings. The summed E-state index contributed by atoms with van der Waals surface area (Å²) in [4.78, 5) is 0. The van der Waals surface area contributed by atoms with Crippen LogP contribution in [0, 0.1) is 5.92 Å². The Morgan fingerprint density at radius 1 is 1.08 bits per heavy atom. The van der Waals surface area contributed by atoms with Gasteiger partial charge in [0.2, 0.25) is 0 Å². The Bertz CT molecular complexity index is 52.3. The van der Waals surface area contributed by atoms with Gasteiger partial charge in [0.1, 0.15) is 0 Å². The average Bonchev–Trinajstić information content (AvgIpc) is 2.22. The van der Waals surface area contributed by atoms with Crippen molar-refractivity contribution in [2.24, 2.45) is 5.92 Å². The van der Waals surface area contributed by atoms with Crippen molar-refractivity contribution in [2.75, 3.05) is 6.16 Å². The maximum Gasteiger partial charge on any atom is 0 e. The molecule has 0 saturated carbocycles. The van der Waals surface area contributed by atoms with E-state index in [-0.39, 0.29) is 1.43 Å². The van der Waals surface area contributed by atoms with E-state index >= 15 is 0 Å². The van der Waals surface area contributed by atoms with Crippen LogP contribution in [-0.4, -0.2) is 6.16 Å². The van der Waals surface area contributed by atoms with Gasteiger partial charge in [-0.1, -0.05) is 67.2 Å². The molecule has 0 aromatic carbocycles. The van der Waals surface area contributed by atoms with Gasteiger partial charge in [-0.25, -0.2) is 0 Å². The van der Waals surface area contributed by atoms with E-state index in [0.717, 1.165) is 5.92 Å². The van der Waals surface area contributed by atoms with Crippen LogP contribution in [0.1, 0.15) is 68.7 Å². The van der Waals surface area contributed by atoms with E-state index in [4.69, 9.17) is 0 Å². The van der Waals surface area contributed by atoms with Crippen molar-refractivity contribution in [2.45, 2.75) is 67.2 Å². The van der Waals surface area contributed by atoms with Crippen molar-refractivity contribution < 1.29 is 1.43 Å². The predicted octanol–water partition coefficient (Wildman–Crippen LogP) is 5.38. The predicted molar refractivity (Wildman–Crippen MR) is 72.7 cm³/mol. The van der Waals surface area contributed by atoms with E-state index in [1.807, 2.05) is 13.8 Å². The second-order valence-corrected chi connectivity index (χ2v) is 3.57. The zero-order chi connectivity index (χ0) is 11.1. The van der Waals surface area contributed by atoms with E-state index in [1.54, 1.807) is 0 Å². The van der Waals surface area contributed by atoms with Crippen molar-refractivity contribution >= 4 is 9.24 Å². The molecule has 0 bridgehead atoms. The van der Waals surface area contributed by atoms with E-state index in [0.29, 0.717) is 0 Å². The number of rotatable bonds is 4. The standard InChI is InChI=1S/C5H13P.C5H12.C2H6.H2/c1-3-5(2)4-6;1-3-5-4-2;1-2;/h5H,3-4,6H2,1-2H3;3-5H2,1-2H3;1-2H3;1H. The quantitative estimate of drug-likeness (QED) is 0.544. The Labute approximate surface area is 90.6 Å². The third-order valence-corrected chi connectivity index (χ3v) is 2.61. The molecule has 0 nitrogen and oxygen atoms in total. The lowest BCUT2D eigenvalue weighted by molar-refractivity contribution is 0.637. The molecule has 0 N–H and O–H groups in total. The van der Waals surface area contributed by atoms with Crippen molar-refractivity contribution in [3.05, 3.63) is 0 Å². The lowest BCUT2D eigenvalue weighted by Crippen LogP contribution is -1.89. The molecule has 0 aromatic heterocycles. The normalized spacial score (nSPS) is 10.4. The summed E-state index contributed by atoms with van der Waals surface area (Å²) in [6, 6.07) is 0. The molecule has 0 aliphatic rings. The first-order valence-corrected chi connectivity index (χ1v) is 6.74. The zero-order valence-electron chi connectivity index (χ0n) is 10.7. The molecular formula is C12H33P. The van der Waals surface area contributed by atoms with Gasteiger partial charge in [-0.05, 0) is 12.1 Å². The van der Waals surface area contributed by atoms with Gasteiger partial charge in [0.15, 0.2) is 0 Å². The minimum Gasteiger partial charge on any atom is -0.137 e. The van der Waals surface area contributed by atoms with Gasteiger partial charge in [-0.2, -0.15) is 0 Å². The summed E-state index contributed by atoms with van der Waals surface area (Å²) in [5.41, 5.74) is 0. The Morgan fingerprint density at radius 3 is 1.46 bits per heavy atom. The van der Waals surface area contributed by atoms with Crippen LogP contribution in [0.2, 0.25) is 0 Å². The summed E-state index contributed by atoms with van der Waals surface area (Å²) in [5.74, 6) is 0.898. The van der Waals surface area contributed by atoms with Gasteiger partial charge >= 0.3 is 0 Å². The van der Waals surface area contributed by atoms with Gasteiger partial charge in [-0.15, -0.1) is 9.24 Å². The SMILES string of the molecule is CC.CCC(C)CP.CCCCC.[HH]. The van der Waals surface area contributed by atoms with Gasteiger partial charge in [0.05, 0.1) is 0 Å². The molecule has 0 saturated heterocycles. The fraction of sp³-hybridized carbons (Fsp3) is 1.00. The number of hydrogen-bond acceptors (Lipinski definition) is 0. The fourth-order valence-corrected chi connectivity index (χ4v) is 0.854. The largest absolute Gasteiger partial charge is 0.137 e. The first kappa shape index (κ1) is 19.1. The fourth-order valence-electron chi connectivity index (χ4n) is 0.520. The highest BCUT2D eigenvalue weighted by molar-refractivity contribution is 7.16. The topological polar surface area (TPSA) is 0 Å². The van der Waals surface area contributed by atoms with Crippen LogP contribution in [0.15, 0.2) is 0 Å². The molecule has 13 heavy (non-hydrogen) atoms. The third-order valence-electron chi connectivity index (χ3n) is 1.81. The van der Waals surface area contributed by atoms with Crippen molar-refractivity contribution in [1.29, 1.82) is 0 Å². The Hall–Kier alpha value is 0.430. The first-order valence-electron chi connectivity index (χ1n) is 5.92. The number of unbranched alkanes of at least 4 members (excludes halogenated alkanes) is 2. The summed E-state index contributed by atoms with van der Waals surface area (Å²) < 4.78 is 0. The molecule has 0 fully saturated rings. The van der Waals surface area contributed by atoms with Gasteiger partial charge in [0, 0.05) is 1.43 Å². The lowest BCUT2D eigenvalue weighted by Gasteiger charge is -1.98.